The van der Waals surface area contributed by atoms with Crippen LogP contribution in [0, 0.1) is 0 Å². The van der Waals surface area contributed by atoms with Crippen molar-refractivity contribution in [2.24, 2.45) is 5.73 Å². The van der Waals surface area contributed by atoms with Gasteiger partial charge in [-0.3, -0.25) is 14.8 Å². The zero-order valence-electron chi connectivity index (χ0n) is 12.1. The van der Waals surface area contributed by atoms with Crippen LogP contribution in [0.4, 0.5) is 0 Å². The number of hydrogen-bond donors (Lipinski definition) is 2. The summed E-state index contributed by atoms with van der Waals surface area (Å²) in [6.07, 6.45) is 3.21. The van der Waals surface area contributed by atoms with Crippen LogP contribution in [0.25, 0.3) is 0 Å². The molecule has 0 saturated carbocycles. The van der Waals surface area contributed by atoms with Crippen LogP contribution in [0.5, 0.6) is 0 Å². The number of benzene rings is 1. The summed E-state index contributed by atoms with van der Waals surface area (Å²) in [5, 5.41) is 7.96. The smallest absolute Gasteiger partial charge is 0.244 e. The summed E-state index contributed by atoms with van der Waals surface area (Å²) in [6, 6.07) is 9.49. The zero-order valence-corrected chi connectivity index (χ0v) is 12.8. The number of rotatable bonds is 6. The van der Waals surface area contributed by atoms with Crippen LogP contribution >= 0.6 is 11.6 Å². The molecule has 5 nitrogen and oxygen atoms in total. The fourth-order valence-corrected chi connectivity index (χ4v) is 2.55. The summed E-state index contributed by atoms with van der Waals surface area (Å²) in [7, 11) is 0. The van der Waals surface area contributed by atoms with Crippen molar-refractivity contribution in [2.75, 3.05) is 0 Å². The molecule has 112 valence electrons. The Kier molecular flexibility index (Phi) is 4.65. The lowest BCUT2D eigenvalue weighted by Gasteiger charge is -2.34. The van der Waals surface area contributed by atoms with Gasteiger partial charge in [0.1, 0.15) is 5.54 Å². The van der Waals surface area contributed by atoms with Gasteiger partial charge in [-0.2, -0.15) is 5.10 Å². The molecule has 1 aromatic carbocycles. The molecule has 0 saturated heterocycles. The van der Waals surface area contributed by atoms with E-state index in [1.54, 1.807) is 10.9 Å². The Balaban J connectivity index is 2.48. The van der Waals surface area contributed by atoms with Gasteiger partial charge >= 0.3 is 0 Å². The highest BCUT2D eigenvalue weighted by atomic mass is 35.5. The summed E-state index contributed by atoms with van der Waals surface area (Å²) in [4.78, 5) is 12.3. The van der Waals surface area contributed by atoms with Crippen LogP contribution in [-0.2, 0) is 16.9 Å². The van der Waals surface area contributed by atoms with Crippen LogP contribution < -0.4 is 11.1 Å². The van der Waals surface area contributed by atoms with E-state index < -0.39 is 11.4 Å². The van der Waals surface area contributed by atoms with E-state index in [1.165, 1.54) is 6.20 Å². The van der Waals surface area contributed by atoms with Crippen LogP contribution in [0.1, 0.15) is 19.4 Å². The number of hydrogen-bond acceptors (Lipinski definition) is 3. The molecule has 0 spiro atoms. The molecular weight excluding hydrogens is 288 g/mol. The third kappa shape index (κ3) is 3.43. The Labute approximate surface area is 129 Å². The average molecular weight is 307 g/mol. The Morgan fingerprint density at radius 3 is 2.57 bits per heavy atom. The zero-order chi connectivity index (χ0) is 15.5. The topological polar surface area (TPSA) is 72.9 Å². The lowest BCUT2D eigenvalue weighted by atomic mass is 9.88. The van der Waals surface area contributed by atoms with Crippen molar-refractivity contribution in [1.29, 1.82) is 0 Å². The Morgan fingerprint density at radius 2 is 2.10 bits per heavy atom. The Hall–Kier alpha value is -1.85. The van der Waals surface area contributed by atoms with Crippen molar-refractivity contribution < 1.29 is 4.79 Å². The highest BCUT2D eigenvalue weighted by Gasteiger charge is 2.39. The SMILES string of the molecule is CC(C)NC(Cn1cc(Cl)cn1)(C(N)=O)c1ccccc1. The number of carbonyl (C=O) groups excluding carboxylic acids is 1. The second kappa shape index (κ2) is 6.28. The number of aromatic nitrogens is 2. The van der Waals surface area contributed by atoms with Gasteiger partial charge in [0.15, 0.2) is 0 Å². The maximum Gasteiger partial charge on any atom is 0.244 e. The molecule has 21 heavy (non-hydrogen) atoms. The number of nitrogens with two attached hydrogens (primary N) is 1. The first-order chi connectivity index (χ1) is 9.94. The minimum absolute atomic E-state index is 0.0729. The molecule has 2 aromatic rings. The first-order valence-electron chi connectivity index (χ1n) is 6.75. The number of halogens is 1. The third-order valence-corrected chi connectivity index (χ3v) is 3.42. The van der Waals surface area contributed by atoms with E-state index in [2.05, 4.69) is 10.4 Å². The fourth-order valence-electron chi connectivity index (χ4n) is 2.39. The molecule has 1 aromatic heterocycles. The van der Waals surface area contributed by atoms with Crippen LogP contribution in [0.15, 0.2) is 42.7 Å². The van der Waals surface area contributed by atoms with Gasteiger partial charge in [-0.25, -0.2) is 0 Å². The molecule has 1 unspecified atom stereocenters. The quantitative estimate of drug-likeness (QED) is 0.856. The number of nitrogens with zero attached hydrogens (tertiary/aromatic N) is 2. The van der Waals surface area contributed by atoms with Gasteiger partial charge in [0.2, 0.25) is 5.91 Å². The van der Waals surface area contributed by atoms with Crippen LogP contribution in [0.3, 0.4) is 0 Å². The maximum absolute atomic E-state index is 12.3. The molecule has 0 aliphatic carbocycles. The first kappa shape index (κ1) is 15.5. The van der Waals surface area contributed by atoms with Gasteiger partial charge in [0, 0.05) is 12.2 Å². The van der Waals surface area contributed by atoms with E-state index >= 15 is 0 Å². The Bertz CT molecular complexity index is 611. The number of primary amides is 1. The summed E-state index contributed by atoms with van der Waals surface area (Å²) >= 11 is 5.90. The van der Waals surface area contributed by atoms with Gasteiger partial charge < -0.3 is 5.73 Å². The van der Waals surface area contributed by atoms with Gasteiger partial charge in [-0.05, 0) is 19.4 Å². The largest absolute Gasteiger partial charge is 0.368 e. The van der Waals surface area contributed by atoms with Crippen molar-refractivity contribution in [3.8, 4) is 0 Å². The third-order valence-electron chi connectivity index (χ3n) is 3.22. The maximum atomic E-state index is 12.3. The second-order valence-corrected chi connectivity index (χ2v) is 5.73. The van der Waals surface area contributed by atoms with E-state index in [9.17, 15) is 4.79 Å². The molecule has 0 radical (unpaired) electrons. The minimum atomic E-state index is -1.04. The molecule has 1 heterocycles. The standard InChI is InChI=1S/C15H19ClN4O/c1-11(2)19-15(14(17)21,12-6-4-3-5-7-12)10-20-9-13(16)8-18-20/h3-9,11,19H,10H2,1-2H3,(H2,17,21). The summed E-state index contributed by atoms with van der Waals surface area (Å²) in [5.41, 5.74) is 5.50. The molecule has 3 N–H and O–H groups in total. The summed E-state index contributed by atoms with van der Waals surface area (Å²) in [6.45, 7) is 4.21. The highest BCUT2D eigenvalue weighted by Crippen LogP contribution is 2.24. The molecule has 6 heteroatoms. The van der Waals surface area contributed by atoms with Gasteiger partial charge in [-0.1, -0.05) is 41.9 Å². The van der Waals surface area contributed by atoms with Crippen molar-refractivity contribution in [3.05, 3.63) is 53.3 Å². The highest BCUT2D eigenvalue weighted by molar-refractivity contribution is 6.30. The van der Waals surface area contributed by atoms with E-state index in [-0.39, 0.29) is 12.6 Å². The van der Waals surface area contributed by atoms with Crippen molar-refractivity contribution >= 4 is 17.5 Å². The van der Waals surface area contributed by atoms with Crippen LogP contribution in [0.2, 0.25) is 5.02 Å². The van der Waals surface area contributed by atoms with E-state index in [4.69, 9.17) is 17.3 Å². The van der Waals surface area contributed by atoms with Gasteiger partial charge in [-0.15, -0.1) is 0 Å². The summed E-state index contributed by atoms with van der Waals surface area (Å²) < 4.78 is 1.62. The normalized spacial score (nSPS) is 14.1. The van der Waals surface area contributed by atoms with E-state index in [0.717, 1.165) is 5.56 Å². The first-order valence-corrected chi connectivity index (χ1v) is 7.13. The average Bonchev–Trinajstić information content (AvgIpc) is 2.83. The lowest BCUT2D eigenvalue weighted by molar-refractivity contribution is -0.126. The molecule has 1 amide bonds. The predicted molar refractivity (Wildman–Crippen MR) is 82.8 cm³/mol. The monoisotopic (exact) mass is 306 g/mol. The molecule has 0 aliphatic heterocycles. The predicted octanol–water partition coefficient (Wildman–Crippen LogP) is 1.92. The molecule has 0 fully saturated rings. The molecule has 2 rings (SSSR count). The molecule has 0 aliphatic rings. The summed E-state index contributed by atoms with van der Waals surface area (Å²) in [5.74, 6) is -0.450. The van der Waals surface area contributed by atoms with Crippen molar-refractivity contribution in [1.82, 2.24) is 15.1 Å². The van der Waals surface area contributed by atoms with Crippen molar-refractivity contribution in [3.63, 3.8) is 0 Å². The van der Waals surface area contributed by atoms with E-state index in [1.807, 2.05) is 44.2 Å². The number of nitrogens with one attached hydrogen (secondary N) is 1. The molecule has 0 bridgehead atoms. The number of carbonyl (C=O) groups is 1. The molecular formula is C15H19ClN4O. The Morgan fingerprint density at radius 1 is 1.43 bits per heavy atom. The lowest BCUT2D eigenvalue weighted by Crippen LogP contribution is -2.57. The fraction of sp³-hybridized carbons (Fsp3) is 0.333. The van der Waals surface area contributed by atoms with E-state index in [0.29, 0.717) is 5.02 Å². The minimum Gasteiger partial charge on any atom is -0.368 e. The van der Waals surface area contributed by atoms with Gasteiger partial charge in [0.25, 0.3) is 0 Å². The van der Waals surface area contributed by atoms with Gasteiger partial charge in [0.05, 0.1) is 17.8 Å². The van der Waals surface area contributed by atoms with Crippen LogP contribution in [-0.4, -0.2) is 21.7 Å². The second-order valence-electron chi connectivity index (χ2n) is 5.29. The van der Waals surface area contributed by atoms with Crippen molar-refractivity contribution in [2.45, 2.75) is 32.0 Å². The molecule has 1 atom stereocenters. The number of amides is 1.